The topological polar surface area (TPSA) is 96.5 Å². The molecule has 5 rings (SSSR count). The summed E-state index contributed by atoms with van der Waals surface area (Å²) in [5.74, 6) is -0.0884. The van der Waals surface area contributed by atoms with Gasteiger partial charge in [0.25, 0.3) is 0 Å². The fraction of sp³-hybridized carbons (Fsp3) is 0.0952. The summed E-state index contributed by atoms with van der Waals surface area (Å²) >= 11 is 20.8. The number of benzene rings is 2. The van der Waals surface area contributed by atoms with Gasteiger partial charge in [0.2, 0.25) is 11.1 Å². The molecule has 1 amide bonds. The maximum absolute atomic E-state index is 12.4. The first-order valence-electron chi connectivity index (χ1n) is 9.57. The second kappa shape index (κ2) is 9.44. The van der Waals surface area contributed by atoms with Gasteiger partial charge >= 0.3 is 0 Å². The first-order valence-corrected chi connectivity index (χ1v) is 12.5. The normalized spacial score (nSPS) is 11.4. The number of thioether (sulfide) groups is 1. The second-order valence-electron chi connectivity index (χ2n) is 6.99. The molecule has 0 saturated heterocycles. The zero-order valence-corrected chi connectivity index (χ0v) is 20.5. The van der Waals surface area contributed by atoms with Crippen LogP contribution in [0.2, 0.25) is 15.1 Å². The van der Waals surface area contributed by atoms with Crippen molar-refractivity contribution < 1.29 is 4.79 Å². The number of anilines is 1. The highest BCUT2D eigenvalue weighted by Crippen LogP contribution is 2.28. The van der Waals surface area contributed by atoms with Crippen LogP contribution in [-0.4, -0.2) is 36.8 Å². The number of rotatable bonds is 6. The largest absolute Gasteiger partial charge is 0.338 e. The summed E-state index contributed by atoms with van der Waals surface area (Å²) in [7, 11) is 0. The van der Waals surface area contributed by atoms with Crippen LogP contribution in [0.5, 0.6) is 0 Å². The molecular formula is C21H13Cl3N6OS2. The van der Waals surface area contributed by atoms with Gasteiger partial charge in [-0.05, 0) is 35.9 Å². The van der Waals surface area contributed by atoms with Crippen LogP contribution < -0.4 is 5.32 Å². The Morgan fingerprint density at radius 2 is 1.91 bits per heavy atom. The molecule has 12 heteroatoms. The van der Waals surface area contributed by atoms with E-state index in [9.17, 15) is 4.79 Å². The average Bonchev–Trinajstić information content (AvgIpc) is 3.37. The van der Waals surface area contributed by atoms with Crippen LogP contribution in [0.15, 0.2) is 47.8 Å². The molecule has 5 aromatic rings. The highest BCUT2D eigenvalue weighted by molar-refractivity contribution is 7.99. The van der Waals surface area contributed by atoms with Crippen LogP contribution in [0.25, 0.3) is 22.1 Å². The Labute approximate surface area is 210 Å². The van der Waals surface area contributed by atoms with Gasteiger partial charge in [0.15, 0.2) is 10.8 Å². The minimum atomic E-state index is -0.211. The Morgan fingerprint density at radius 3 is 2.76 bits per heavy atom. The van der Waals surface area contributed by atoms with E-state index in [-0.39, 0.29) is 11.7 Å². The van der Waals surface area contributed by atoms with Crippen molar-refractivity contribution in [1.29, 1.82) is 0 Å². The number of nitrogens with zero attached hydrogens (tertiary/aromatic N) is 4. The molecule has 0 bridgehead atoms. The van der Waals surface area contributed by atoms with E-state index in [4.69, 9.17) is 34.8 Å². The van der Waals surface area contributed by atoms with Gasteiger partial charge in [0, 0.05) is 43.5 Å². The summed E-state index contributed by atoms with van der Waals surface area (Å²) < 4.78 is 0. The molecule has 0 atom stereocenters. The number of hydrogen-bond acceptors (Lipinski definition) is 7. The Kier molecular flexibility index (Phi) is 6.40. The lowest BCUT2D eigenvalue weighted by molar-refractivity contribution is -0.113. The van der Waals surface area contributed by atoms with E-state index in [0.29, 0.717) is 42.9 Å². The number of H-pyrrole nitrogens is 1. The maximum Gasteiger partial charge on any atom is 0.236 e. The van der Waals surface area contributed by atoms with E-state index < -0.39 is 0 Å². The highest BCUT2D eigenvalue weighted by Gasteiger charge is 2.13. The van der Waals surface area contributed by atoms with E-state index in [1.54, 1.807) is 24.4 Å². The molecule has 3 heterocycles. The van der Waals surface area contributed by atoms with Crippen LogP contribution >= 0.6 is 57.9 Å². The monoisotopic (exact) mass is 534 g/mol. The molecule has 7 nitrogen and oxygen atoms in total. The van der Waals surface area contributed by atoms with E-state index in [1.807, 2.05) is 18.2 Å². The van der Waals surface area contributed by atoms with Gasteiger partial charge in [-0.15, -0.1) is 21.5 Å². The summed E-state index contributed by atoms with van der Waals surface area (Å²) in [4.78, 5) is 25.3. The SMILES string of the molecule is O=C(CSc1nnc2c(n1)[nH]c1ccc(Cl)cc12)Nc1ncc(Cc2ccc(Cl)cc2Cl)s1. The lowest BCUT2D eigenvalue weighted by Gasteiger charge is -2.02. The number of aromatic nitrogens is 5. The number of nitrogens with one attached hydrogen (secondary N) is 2. The third-order valence-corrected chi connectivity index (χ3v) is 7.24. The van der Waals surface area contributed by atoms with Gasteiger partial charge < -0.3 is 10.3 Å². The first-order chi connectivity index (χ1) is 15.9. The van der Waals surface area contributed by atoms with Gasteiger partial charge in [-0.2, -0.15) is 0 Å². The zero-order valence-electron chi connectivity index (χ0n) is 16.6. The Morgan fingerprint density at radius 1 is 1.09 bits per heavy atom. The zero-order chi connectivity index (χ0) is 22.9. The second-order valence-corrected chi connectivity index (χ2v) is 10.3. The van der Waals surface area contributed by atoms with E-state index in [0.717, 1.165) is 21.3 Å². The average molecular weight is 536 g/mol. The molecule has 3 aromatic heterocycles. The quantitative estimate of drug-likeness (QED) is 0.250. The molecule has 0 radical (unpaired) electrons. The number of aromatic amines is 1. The van der Waals surface area contributed by atoms with E-state index >= 15 is 0 Å². The van der Waals surface area contributed by atoms with Crippen LogP contribution in [-0.2, 0) is 11.2 Å². The molecule has 2 N–H and O–H groups in total. The van der Waals surface area contributed by atoms with Crippen LogP contribution in [0.1, 0.15) is 10.4 Å². The Hall–Kier alpha value is -2.43. The fourth-order valence-electron chi connectivity index (χ4n) is 3.17. The van der Waals surface area contributed by atoms with Gasteiger partial charge in [-0.1, -0.05) is 52.6 Å². The van der Waals surface area contributed by atoms with Crippen molar-refractivity contribution in [2.45, 2.75) is 11.6 Å². The Balaban J connectivity index is 1.21. The van der Waals surface area contributed by atoms with Crippen LogP contribution in [0.4, 0.5) is 5.13 Å². The third kappa shape index (κ3) is 5.07. The van der Waals surface area contributed by atoms with Gasteiger partial charge in [-0.3, -0.25) is 4.79 Å². The van der Waals surface area contributed by atoms with Gasteiger partial charge in [0.1, 0.15) is 5.52 Å². The number of thiazole rings is 1. The minimum absolute atomic E-state index is 0.122. The van der Waals surface area contributed by atoms with Crippen molar-refractivity contribution in [2.75, 3.05) is 11.1 Å². The van der Waals surface area contributed by atoms with Crippen molar-refractivity contribution in [1.82, 2.24) is 25.1 Å². The molecule has 0 unspecified atom stereocenters. The number of carbonyl (C=O) groups is 1. The van der Waals surface area contributed by atoms with Crippen molar-refractivity contribution in [3.05, 3.63) is 68.1 Å². The molecule has 166 valence electrons. The van der Waals surface area contributed by atoms with Crippen molar-refractivity contribution in [2.24, 2.45) is 0 Å². The number of halogens is 3. The summed E-state index contributed by atoms with van der Waals surface area (Å²) in [6.07, 6.45) is 2.33. The number of hydrogen-bond donors (Lipinski definition) is 2. The Bertz CT molecular complexity index is 1500. The molecule has 0 aliphatic heterocycles. The molecule has 0 aliphatic carbocycles. The molecular weight excluding hydrogens is 523 g/mol. The van der Waals surface area contributed by atoms with E-state index in [1.165, 1.54) is 23.1 Å². The lowest BCUT2D eigenvalue weighted by Crippen LogP contribution is -2.14. The fourth-order valence-corrected chi connectivity index (χ4v) is 5.26. The van der Waals surface area contributed by atoms with E-state index in [2.05, 4.69) is 30.5 Å². The summed E-state index contributed by atoms with van der Waals surface area (Å²) in [6, 6.07) is 10.9. The van der Waals surface area contributed by atoms with Crippen molar-refractivity contribution >= 4 is 91.0 Å². The summed E-state index contributed by atoms with van der Waals surface area (Å²) in [5.41, 5.74) is 3.04. The maximum atomic E-state index is 12.4. The standard InChI is InChI=1S/C21H13Cl3N6OS2/c22-11-3-4-16-14(6-11)18-19(26-16)28-21(30-29-18)32-9-17(31)27-20-25-8-13(33-20)5-10-1-2-12(23)7-15(10)24/h1-4,6-8H,5,9H2,(H,25,27,31)(H,26,28,30). The van der Waals surface area contributed by atoms with Gasteiger partial charge in [0.05, 0.1) is 5.75 Å². The minimum Gasteiger partial charge on any atom is -0.338 e. The molecule has 2 aromatic carbocycles. The molecule has 33 heavy (non-hydrogen) atoms. The van der Waals surface area contributed by atoms with Crippen LogP contribution in [0.3, 0.4) is 0 Å². The predicted octanol–water partition coefficient (Wildman–Crippen LogP) is 6.24. The third-order valence-electron chi connectivity index (χ3n) is 4.67. The van der Waals surface area contributed by atoms with Crippen molar-refractivity contribution in [3.8, 4) is 0 Å². The van der Waals surface area contributed by atoms with Crippen LogP contribution in [0, 0.1) is 0 Å². The molecule has 0 saturated carbocycles. The number of fused-ring (bicyclic) bond motifs is 3. The predicted molar refractivity (Wildman–Crippen MR) is 135 cm³/mol. The molecule has 0 spiro atoms. The summed E-state index contributed by atoms with van der Waals surface area (Å²) in [5, 5.41) is 14.7. The number of amides is 1. The smallest absolute Gasteiger partial charge is 0.236 e. The molecule has 0 aliphatic rings. The lowest BCUT2D eigenvalue weighted by atomic mass is 10.1. The van der Waals surface area contributed by atoms with Gasteiger partial charge in [-0.25, -0.2) is 9.97 Å². The van der Waals surface area contributed by atoms with Crippen molar-refractivity contribution in [3.63, 3.8) is 0 Å². The number of carbonyl (C=O) groups excluding carboxylic acids is 1. The first kappa shape index (κ1) is 22.4. The summed E-state index contributed by atoms with van der Waals surface area (Å²) in [6.45, 7) is 0. The highest BCUT2D eigenvalue weighted by atomic mass is 35.5. The molecule has 0 fully saturated rings.